The van der Waals surface area contributed by atoms with Crippen LogP contribution in [0.4, 0.5) is 8.78 Å². The number of carbonyl (C=O) groups excluding carboxylic acids is 1. The fourth-order valence-electron chi connectivity index (χ4n) is 2.70. The van der Waals surface area contributed by atoms with E-state index < -0.39 is 13.0 Å². The molecule has 1 N–H and O–H groups in total. The molecular weight excluding hydrogens is 266 g/mol. The van der Waals surface area contributed by atoms with Gasteiger partial charge in [-0.2, -0.15) is 0 Å². The van der Waals surface area contributed by atoms with Crippen LogP contribution in [0, 0.1) is 0 Å². The molecule has 0 saturated carbocycles. The minimum Gasteiger partial charge on any atom is -0.394 e. The number of aromatic nitrogens is 1. The Balaban J connectivity index is 2.18. The number of nitrogens with zero attached hydrogens (tertiary/aromatic N) is 2. The lowest BCUT2D eigenvalue weighted by atomic mass is 10.1. The highest BCUT2D eigenvalue weighted by molar-refractivity contribution is 5.93. The molecule has 1 saturated heterocycles. The molecule has 1 aliphatic rings. The number of amides is 1. The summed E-state index contributed by atoms with van der Waals surface area (Å²) < 4.78 is 26.3. The molecule has 0 spiro atoms. The Morgan fingerprint density at radius 2 is 2.20 bits per heavy atom. The van der Waals surface area contributed by atoms with E-state index in [2.05, 4.69) is 0 Å². The Bertz CT molecular complexity index is 448. The average molecular weight is 286 g/mol. The number of carbonyl (C=O) groups is 1. The molecular formula is C14H20F2N2O2. The number of aliphatic hydroxyl groups is 1. The molecule has 112 valence electrons. The van der Waals surface area contributed by atoms with Gasteiger partial charge in [-0.25, -0.2) is 8.78 Å². The number of likely N-dealkylation sites (tertiary alicyclic amines) is 1. The largest absolute Gasteiger partial charge is 0.394 e. The van der Waals surface area contributed by atoms with Gasteiger partial charge in [0.15, 0.2) is 0 Å². The number of halogens is 2. The van der Waals surface area contributed by atoms with Crippen molar-refractivity contribution in [3.63, 3.8) is 0 Å². The van der Waals surface area contributed by atoms with Crippen LogP contribution in [0.1, 0.15) is 36.2 Å². The van der Waals surface area contributed by atoms with Gasteiger partial charge in [0.2, 0.25) is 0 Å². The lowest BCUT2D eigenvalue weighted by Gasteiger charge is -2.29. The van der Waals surface area contributed by atoms with Crippen LogP contribution in [0.15, 0.2) is 18.3 Å². The second-order valence-electron chi connectivity index (χ2n) is 5.12. The van der Waals surface area contributed by atoms with Crippen molar-refractivity contribution in [3.8, 4) is 0 Å². The molecule has 2 heterocycles. The third-order valence-corrected chi connectivity index (χ3v) is 3.73. The highest BCUT2D eigenvalue weighted by Gasteiger charge is 2.27. The Kier molecular flexibility index (Phi) is 5.11. The number of aliphatic hydroxyl groups excluding tert-OH is 1. The van der Waals surface area contributed by atoms with E-state index in [1.54, 1.807) is 17.0 Å². The van der Waals surface area contributed by atoms with Gasteiger partial charge < -0.3 is 14.6 Å². The standard InChI is InChI=1S/C14H20F2N2O2/c15-13(16)9-17-7-4-6-12(17)14(20)18-8-3-1-2-5-11(18)10-19/h4,6-7,11,13,19H,1-3,5,8-10H2. The van der Waals surface area contributed by atoms with Crippen LogP contribution in [0.3, 0.4) is 0 Å². The fourth-order valence-corrected chi connectivity index (χ4v) is 2.70. The number of hydrogen-bond donors (Lipinski definition) is 1. The van der Waals surface area contributed by atoms with E-state index in [1.165, 1.54) is 10.8 Å². The summed E-state index contributed by atoms with van der Waals surface area (Å²) in [5.41, 5.74) is 0.269. The van der Waals surface area contributed by atoms with E-state index in [1.807, 2.05) is 0 Å². The van der Waals surface area contributed by atoms with Crippen LogP contribution >= 0.6 is 0 Å². The Morgan fingerprint density at radius 1 is 1.40 bits per heavy atom. The molecule has 0 radical (unpaired) electrons. The van der Waals surface area contributed by atoms with E-state index in [0.29, 0.717) is 6.54 Å². The SMILES string of the molecule is O=C(c1cccn1CC(F)F)N1CCCCCC1CO. The third kappa shape index (κ3) is 3.36. The third-order valence-electron chi connectivity index (χ3n) is 3.73. The Hall–Kier alpha value is -1.43. The molecule has 1 amide bonds. The van der Waals surface area contributed by atoms with Crippen molar-refractivity contribution in [3.05, 3.63) is 24.0 Å². The first kappa shape index (κ1) is 15.0. The number of rotatable bonds is 4. The van der Waals surface area contributed by atoms with Gasteiger partial charge >= 0.3 is 0 Å². The molecule has 1 aromatic rings. The lowest BCUT2D eigenvalue weighted by molar-refractivity contribution is 0.0581. The van der Waals surface area contributed by atoms with E-state index in [-0.39, 0.29) is 24.2 Å². The van der Waals surface area contributed by atoms with E-state index in [9.17, 15) is 18.7 Å². The first-order valence-electron chi connectivity index (χ1n) is 6.98. The molecule has 1 atom stereocenters. The predicted molar refractivity (Wildman–Crippen MR) is 70.8 cm³/mol. The number of hydrogen-bond acceptors (Lipinski definition) is 2. The van der Waals surface area contributed by atoms with Gasteiger partial charge in [0.25, 0.3) is 12.3 Å². The first-order chi connectivity index (χ1) is 9.63. The van der Waals surface area contributed by atoms with Gasteiger partial charge in [-0.3, -0.25) is 4.79 Å². The van der Waals surface area contributed by atoms with Gasteiger partial charge in [0.05, 0.1) is 19.2 Å². The predicted octanol–water partition coefficient (Wildman–Crippen LogP) is 2.13. The van der Waals surface area contributed by atoms with Gasteiger partial charge in [-0.15, -0.1) is 0 Å². The van der Waals surface area contributed by atoms with Gasteiger partial charge in [-0.1, -0.05) is 12.8 Å². The van der Waals surface area contributed by atoms with Crippen LogP contribution in [-0.4, -0.2) is 46.1 Å². The summed E-state index contributed by atoms with van der Waals surface area (Å²) in [5.74, 6) is -0.267. The smallest absolute Gasteiger partial charge is 0.270 e. The lowest BCUT2D eigenvalue weighted by Crippen LogP contribution is -2.42. The summed E-state index contributed by atoms with van der Waals surface area (Å²) in [5, 5.41) is 9.43. The van der Waals surface area contributed by atoms with Gasteiger partial charge in [0.1, 0.15) is 5.69 Å². The minimum atomic E-state index is -2.49. The summed E-state index contributed by atoms with van der Waals surface area (Å²) in [4.78, 5) is 14.2. The van der Waals surface area contributed by atoms with Crippen LogP contribution in [0.25, 0.3) is 0 Å². The summed E-state index contributed by atoms with van der Waals surface area (Å²) in [7, 11) is 0. The molecule has 6 heteroatoms. The quantitative estimate of drug-likeness (QED) is 0.921. The zero-order valence-electron chi connectivity index (χ0n) is 11.3. The van der Waals surface area contributed by atoms with Crippen molar-refractivity contribution in [1.29, 1.82) is 0 Å². The van der Waals surface area contributed by atoms with Crippen molar-refractivity contribution in [2.75, 3.05) is 13.2 Å². The molecule has 0 aliphatic carbocycles. The second kappa shape index (κ2) is 6.83. The molecule has 0 aromatic carbocycles. The molecule has 1 fully saturated rings. The maximum atomic E-state index is 12.5. The maximum Gasteiger partial charge on any atom is 0.270 e. The highest BCUT2D eigenvalue weighted by atomic mass is 19.3. The van der Waals surface area contributed by atoms with Crippen molar-refractivity contribution < 1.29 is 18.7 Å². The molecule has 0 bridgehead atoms. The fraction of sp³-hybridized carbons (Fsp3) is 0.643. The van der Waals surface area contributed by atoms with Crippen molar-refractivity contribution in [2.45, 2.75) is 44.7 Å². The highest BCUT2D eigenvalue weighted by Crippen LogP contribution is 2.19. The summed E-state index contributed by atoms with van der Waals surface area (Å²) in [6.45, 7) is 0.0108. The Labute approximate surface area is 117 Å². The molecule has 4 nitrogen and oxygen atoms in total. The Morgan fingerprint density at radius 3 is 2.90 bits per heavy atom. The summed E-state index contributed by atoms with van der Waals surface area (Å²) >= 11 is 0. The molecule has 1 aromatic heterocycles. The molecule has 20 heavy (non-hydrogen) atoms. The zero-order valence-corrected chi connectivity index (χ0v) is 11.3. The number of alkyl halides is 2. The van der Waals surface area contributed by atoms with Gasteiger partial charge in [-0.05, 0) is 25.0 Å². The van der Waals surface area contributed by atoms with Gasteiger partial charge in [0, 0.05) is 12.7 Å². The first-order valence-corrected chi connectivity index (χ1v) is 6.98. The van der Waals surface area contributed by atoms with Crippen LogP contribution in [0.2, 0.25) is 0 Å². The topological polar surface area (TPSA) is 45.5 Å². The van der Waals surface area contributed by atoms with Crippen LogP contribution < -0.4 is 0 Å². The summed E-state index contributed by atoms with van der Waals surface area (Å²) in [6.07, 6.45) is 2.65. The van der Waals surface area contributed by atoms with Crippen molar-refractivity contribution in [1.82, 2.24) is 9.47 Å². The van der Waals surface area contributed by atoms with Crippen LogP contribution in [0.5, 0.6) is 0 Å². The zero-order chi connectivity index (χ0) is 14.5. The van der Waals surface area contributed by atoms with Crippen LogP contribution in [-0.2, 0) is 6.54 Å². The van der Waals surface area contributed by atoms with Crippen molar-refractivity contribution >= 4 is 5.91 Å². The second-order valence-corrected chi connectivity index (χ2v) is 5.12. The summed E-state index contributed by atoms with van der Waals surface area (Å²) in [6, 6.07) is 2.95. The van der Waals surface area contributed by atoms with Crippen molar-refractivity contribution in [2.24, 2.45) is 0 Å². The van der Waals surface area contributed by atoms with E-state index in [4.69, 9.17) is 0 Å². The average Bonchev–Trinajstić information content (AvgIpc) is 2.73. The van der Waals surface area contributed by atoms with E-state index >= 15 is 0 Å². The normalized spacial score (nSPS) is 20.2. The molecule has 1 aliphatic heterocycles. The van der Waals surface area contributed by atoms with E-state index in [0.717, 1.165) is 25.7 Å². The molecule has 1 unspecified atom stereocenters. The minimum absolute atomic E-state index is 0.0820. The molecule has 2 rings (SSSR count). The maximum absolute atomic E-state index is 12.5. The monoisotopic (exact) mass is 286 g/mol.